The molecule has 0 bridgehead atoms. The van der Waals surface area contributed by atoms with Crippen LogP contribution in [0.4, 0.5) is 8.78 Å². The predicted molar refractivity (Wildman–Crippen MR) is 92.7 cm³/mol. The third-order valence-corrected chi connectivity index (χ3v) is 5.49. The summed E-state index contributed by atoms with van der Waals surface area (Å²) in [6.07, 6.45) is 6.08. The zero-order valence-corrected chi connectivity index (χ0v) is 14.5. The Balaban J connectivity index is 1.52. The summed E-state index contributed by atoms with van der Waals surface area (Å²) >= 11 is 0. The minimum absolute atomic E-state index is 0.248. The van der Waals surface area contributed by atoms with E-state index in [1.165, 1.54) is 12.1 Å². The van der Waals surface area contributed by atoms with Gasteiger partial charge in [-0.15, -0.1) is 0 Å². The zero-order valence-electron chi connectivity index (χ0n) is 14.5. The molecule has 2 aliphatic rings. The number of halogens is 2. The van der Waals surface area contributed by atoms with Gasteiger partial charge in [-0.3, -0.25) is 9.48 Å². The van der Waals surface area contributed by atoms with Crippen LogP contribution in [0, 0.1) is 11.6 Å². The quantitative estimate of drug-likeness (QED) is 0.881. The molecule has 1 saturated carbocycles. The number of amides is 1. The van der Waals surface area contributed by atoms with Crippen molar-refractivity contribution in [2.24, 2.45) is 0 Å². The molecule has 26 heavy (non-hydrogen) atoms. The lowest BCUT2D eigenvalue weighted by Gasteiger charge is -2.43. The van der Waals surface area contributed by atoms with Crippen LogP contribution < -0.4 is 10.6 Å². The Morgan fingerprint density at radius 1 is 1.27 bits per heavy atom. The van der Waals surface area contributed by atoms with Gasteiger partial charge in [-0.25, -0.2) is 8.78 Å². The Labute approximate surface area is 150 Å². The molecule has 1 amide bonds. The summed E-state index contributed by atoms with van der Waals surface area (Å²) in [6.45, 7) is 1.85. The Morgan fingerprint density at radius 2 is 2.12 bits per heavy atom. The summed E-state index contributed by atoms with van der Waals surface area (Å²) in [5.74, 6) is -1.56. The van der Waals surface area contributed by atoms with Gasteiger partial charge >= 0.3 is 0 Å². The van der Waals surface area contributed by atoms with Crippen LogP contribution in [-0.4, -0.2) is 28.8 Å². The third-order valence-electron chi connectivity index (χ3n) is 5.49. The van der Waals surface area contributed by atoms with E-state index in [0.717, 1.165) is 38.4 Å². The smallest absolute Gasteiger partial charge is 0.272 e. The van der Waals surface area contributed by atoms with Gasteiger partial charge < -0.3 is 10.6 Å². The molecule has 1 atom stereocenters. The number of carbonyl (C=O) groups is 1. The van der Waals surface area contributed by atoms with Crippen LogP contribution in [-0.2, 0) is 5.54 Å². The average molecular weight is 360 g/mol. The number of piperidine rings is 1. The molecule has 7 heteroatoms. The van der Waals surface area contributed by atoms with E-state index in [2.05, 4.69) is 15.7 Å². The van der Waals surface area contributed by atoms with Crippen molar-refractivity contribution in [2.45, 2.75) is 43.7 Å². The van der Waals surface area contributed by atoms with Gasteiger partial charge in [-0.1, -0.05) is 6.07 Å². The number of benzene rings is 1. The summed E-state index contributed by atoms with van der Waals surface area (Å²) < 4.78 is 29.3. The van der Waals surface area contributed by atoms with Gasteiger partial charge in [0.1, 0.15) is 17.3 Å². The minimum atomic E-state index is -0.773. The second-order valence-corrected chi connectivity index (χ2v) is 7.20. The molecule has 0 radical (unpaired) electrons. The molecule has 1 aromatic heterocycles. The molecular formula is C19H22F2N4O. The van der Waals surface area contributed by atoms with Crippen LogP contribution in [0.1, 0.15) is 54.2 Å². The number of aromatic nitrogens is 2. The summed E-state index contributed by atoms with van der Waals surface area (Å²) in [5.41, 5.74) is -0.107. The average Bonchev–Trinajstić information content (AvgIpc) is 3.10. The van der Waals surface area contributed by atoms with Gasteiger partial charge in [0.15, 0.2) is 0 Å². The number of hydrogen-bond acceptors (Lipinski definition) is 3. The van der Waals surface area contributed by atoms with Crippen LogP contribution in [0.25, 0.3) is 0 Å². The van der Waals surface area contributed by atoms with Gasteiger partial charge in [-0.2, -0.15) is 5.10 Å². The van der Waals surface area contributed by atoms with E-state index in [9.17, 15) is 13.6 Å². The highest BCUT2D eigenvalue weighted by Crippen LogP contribution is 2.42. The van der Waals surface area contributed by atoms with Crippen molar-refractivity contribution in [3.05, 3.63) is 53.4 Å². The molecular weight excluding hydrogens is 338 g/mol. The molecule has 1 unspecified atom stereocenters. The van der Waals surface area contributed by atoms with E-state index >= 15 is 0 Å². The molecule has 2 fully saturated rings. The maximum absolute atomic E-state index is 14.2. The van der Waals surface area contributed by atoms with Gasteiger partial charge in [-0.05, 0) is 50.8 Å². The summed E-state index contributed by atoms with van der Waals surface area (Å²) in [6, 6.07) is 5.47. The lowest BCUT2D eigenvalue weighted by molar-refractivity contribution is 0.0811. The van der Waals surface area contributed by atoms with E-state index in [4.69, 9.17) is 0 Å². The number of nitrogens with one attached hydrogen (secondary N) is 2. The maximum atomic E-state index is 14.2. The van der Waals surface area contributed by atoms with Crippen molar-refractivity contribution in [1.82, 2.24) is 20.4 Å². The number of rotatable bonds is 4. The van der Waals surface area contributed by atoms with Crippen LogP contribution in [0.2, 0.25) is 0 Å². The molecule has 1 saturated heterocycles. The number of carbonyl (C=O) groups excluding carboxylic acids is 1. The topological polar surface area (TPSA) is 59.0 Å². The molecule has 138 valence electrons. The van der Waals surface area contributed by atoms with Crippen LogP contribution in [0.15, 0.2) is 30.5 Å². The first-order valence-corrected chi connectivity index (χ1v) is 9.11. The first kappa shape index (κ1) is 17.1. The number of hydrogen-bond donors (Lipinski definition) is 2. The molecule has 5 nitrogen and oxygen atoms in total. The van der Waals surface area contributed by atoms with Crippen LogP contribution >= 0.6 is 0 Å². The third kappa shape index (κ3) is 3.11. The normalized spacial score (nSPS) is 21.8. The first-order chi connectivity index (χ1) is 12.6. The highest BCUT2D eigenvalue weighted by molar-refractivity contribution is 5.92. The van der Waals surface area contributed by atoms with Crippen molar-refractivity contribution < 1.29 is 13.6 Å². The van der Waals surface area contributed by atoms with Crippen molar-refractivity contribution in [3.8, 4) is 0 Å². The molecule has 1 aliphatic heterocycles. The Morgan fingerprint density at radius 3 is 2.77 bits per heavy atom. The second kappa shape index (κ2) is 6.79. The van der Waals surface area contributed by atoms with E-state index in [-0.39, 0.29) is 11.9 Å². The van der Waals surface area contributed by atoms with E-state index in [1.54, 1.807) is 6.07 Å². The Hall–Kier alpha value is -2.28. The maximum Gasteiger partial charge on any atom is 0.272 e. The number of nitrogens with zero attached hydrogens (tertiary/aromatic N) is 2. The predicted octanol–water partition coefficient (Wildman–Crippen LogP) is 2.90. The lowest BCUT2D eigenvalue weighted by atomic mass is 9.71. The zero-order chi connectivity index (χ0) is 18.1. The summed E-state index contributed by atoms with van der Waals surface area (Å²) in [4.78, 5) is 12.7. The fourth-order valence-corrected chi connectivity index (χ4v) is 3.87. The summed E-state index contributed by atoms with van der Waals surface area (Å²) in [5, 5.41) is 10.7. The monoisotopic (exact) mass is 360 g/mol. The van der Waals surface area contributed by atoms with Crippen LogP contribution in [0.3, 0.4) is 0 Å². The molecule has 2 N–H and O–H groups in total. The SMILES string of the molecule is O=C(NC1(c2ccc(F)cc2F)CCC1)c1ccn(C2CCCNC2)n1. The molecule has 4 rings (SSSR count). The van der Waals surface area contributed by atoms with Gasteiger partial charge in [0.05, 0.1) is 11.6 Å². The molecule has 1 aliphatic carbocycles. The standard InChI is InChI=1S/C19H22F2N4O/c20-13-4-5-15(16(21)11-13)19(7-2-8-19)23-18(26)17-6-10-25(24-17)14-3-1-9-22-12-14/h4-6,10-11,14,22H,1-3,7-9,12H2,(H,23,26). The fourth-order valence-electron chi connectivity index (χ4n) is 3.87. The van der Waals surface area contributed by atoms with Gasteiger partial charge in [0, 0.05) is 24.4 Å². The van der Waals surface area contributed by atoms with Gasteiger partial charge in [0.2, 0.25) is 0 Å². The highest BCUT2D eigenvalue weighted by atomic mass is 19.1. The van der Waals surface area contributed by atoms with E-state index in [1.807, 2.05) is 10.9 Å². The molecule has 2 heterocycles. The summed E-state index contributed by atoms with van der Waals surface area (Å²) in [7, 11) is 0. The minimum Gasteiger partial charge on any atom is -0.341 e. The van der Waals surface area contributed by atoms with E-state index in [0.29, 0.717) is 24.1 Å². The second-order valence-electron chi connectivity index (χ2n) is 7.20. The van der Waals surface area contributed by atoms with Crippen molar-refractivity contribution in [2.75, 3.05) is 13.1 Å². The Kier molecular flexibility index (Phi) is 4.48. The highest BCUT2D eigenvalue weighted by Gasteiger charge is 2.42. The molecule has 2 aromatic rings. The van der Waals surface area contributed by atoms with Crippen LogP contribution in [0.5, 0.6) is 0 Å². The largest absolute Gasteiger partial charge is 0.341 e. The van der Waals surface area contributed by atoms with Crippen molar-refractivity contribution in [3.63, 3.8) is 0 Å². The van der Waals surface area contributed by atoms with Crippen molar-refractivity contribution in [1.29, 1.82) is 0 Å². The fraction of sp³-hybridized carbons (Fsp3) is 0.474. The van der Waals surface area contributed by atoms with Gasteiger partial charge in [0.25, 0.3) is 5.91 Å². The first-order valence-electron chi connectivity index (χ1n) is 9.11. The van der Waals surface area contributed by atoms with E-state index < -0.39 is 17.2 Å². The Bertz CT molecular complexity index is 810. The lowest BCUT2D eigenvalue weighted by Crippen LogP contribution is -2.51. The van der Waals surface area contributed by atoms with Crippen molar-refractivity contribution >= 4 is 5.91 Å². The molecule has 1 aromatic carbocycles. The molecule has 0 spiro atoms.